The molecule has 4 nitrogen and oxygen atoms in total. The standard InChI is InChI=1S/C9H13N.C7H8O3S/c1-3-8-5-6-9(4-2)10-7-8;1-6-2-4-7(5-3-6)11(8,9)10/h5-7H,3-4H2,1-2H3;2-5H,1H3,(H,8,9,10). The van der Waals surface area contributed by atoms with Crippen LogP contribution in [0.5, 0.6) is 0 Å². The van der Waals surface area contributed by atoms with E-state index in [1.54, 1.807) is 12.1 Å². The van der Waals surface area contributed by atoms with Crippen LogP contribution in [0.15, 0.2) is 47.5 Å². The Morgan fingerprint density at radius 2 is 1.62 bits per heavy atom. The lowest BCUT2D eigenvalue weighted by Gasteiger charge is -1.96. The van der Waals surface area contributed by atoms with Gasteiger partial charge in [0.2, 0.25) is 0 Å². The molecule has 21 heavy (non-hydrogen) atoms. The maximum atomic E-state index is 10.5. The molecule has 1 heterocycles. The minimum atomic E-state index is -4.02. The van der Waals surface area contributed by atoms with Gasteiger partial charge in [0.15, 0.2) is 0 Å². The number of aromatic nitrogens is 1. The second-order valence-electron chi connectivity index (χ2n) is 4.65. The Labute approximate surface area is 126 Å². The summed E-state index contributed by atoms with van der Waals surface area (Å²) in [5.41, 5.74) is 3.45. The van der Waals surface area contributed by atoms with Crippen LogP contribution in [0.1, 0.15) is 30.7 Å². The number of pyridine rings is 1. The van der Waals surface area contributed by atoms with Crippen molar-refractivity contribution in [3.05, 3.63) is 59.4 Å². The molecular formula is C16H21NO3S. The first-order valence-corrected chi connectivity index (χ1v) is 8.28. The number of hydrogen-bond donors (Lipinski definition) is 1. The Morgan fingerprint density at radius 3 is 2.00 bits per heavy atom. The van der Waals surface area contributed by atoms with Crippen LogP contribution >= 0.6 is 0 Å². The molecule has 0 atom stereocenters. The fraction of sp³-hybridized carbons (Fsp3) is 0.312. The Hall–Kier alpha value is -1.72. The third-order valence-electron chi connectivity index (χ3n) is 2.98. The number of benzene rings is 1. The third kappa shape index (κ3) is 6.06. The van der Waals surface area contributed by atoms with E-state index in [1.807, 2.05) is 13.1 Å². The van der Waals surface area contributed by atoms with Crippen molar-refractivity contribution in [2.24, 2.45) is 0 Å². The van der Waals surface area contributed by atoms with Crippen LogP contribution in [0.2, 0.25) is 0 Å². The van der Waals surface area contributed by atoms with Crippen LogP contribution in [0.25, 0.3) is 0 Å². The average Bonchev–Trinajstić information content (AvgIpc) is 2.47. The van der Waals surface area contributed by atoms with Gasteiger partial charge in [-0.05, 0) is 43.5 Å². The summed E-state index contributed by atoms with van der Waals surface area (Å²) in [5.74, 6) is 0. The summed E-state index contributed by atoms with van der Waals surface area (Å²) < 4.78 is 29.6. The minimum absolute atomic E-state index is 0.0666. The van der Waals surface area contributed by atoms with Crippen LogP contribution in [-0.4, -0.2) is 18.0 Å². The zero-order chi connectivity index (χ0) is 15.9. The SMILES string of the molecule is CCc1ccc(CC)nc1.Cc1ccc(S(=O)(=O)O)cc1. The fourth-order valence-corrected chi connectivity index (χ4v) is 2.06. The first-order chi connectivity index (χ1) is 9.86. The average molecular weight is 307 g/mol. The van der Waals surface area contributed by atoms with Gasteiger partial charge >= 0.3 is 0 Å². The normalized spacial score (nSPS) is 10.7. The van der Waals surface area contributed by atoms with Crippen molar-refractivity contribution in [3.63, 3.8) is 0 Å². The van der Waals surface area contributed by atoms with E-state index in [-0.39, 0.29) is 4.90 Å². The van der Waals surface area contributed by atoms with Crippen LogP contribution in [0.3, 0.4) is 0 Å². The van der Waals surface area contributed by atoms with E-state index < -0.39 is 10.1 Å². The fourth-order valence-electron chi connectivity index (χ4n) is 1.58. The van der Waals surface area contributed by atoms with Crippen molar-refractivity contribution < 1.29 is 13.0 Å². The molecule has 1 aromatic carbocycles. The predicted molar refractivity (Wildman–Crippen MR) is 84.0 cm³/mol. The molecule has 5 heteroatoms. The van der Waals surface area contributed by atoms with Crippen LogP contribution in [0.4, 0.5) is 0 Å². The monoisotopic (exact) mass is 307 g/mol. The van der Waals surface area contributed by atoms with Crippen molar-refractivity contribution in [3.8, 4) is 0 Å². The summed E-state index contributed by atoms with van der Waals surface area (Å²) in [6.45, 7) is 6.10. The van der Waals surface area contributed by atoms with Gasteiger partial charge in [-0.3, -0.25) is 9.54 Å². The molecule has 0 saturated carbocycles. The molecule has 0 radical (unpaired) electrons. The summed E-state index contributed by atoms with van der Waals surface area (Å²) >= 11 is 0. The van der Waals surface area contributed by atoms with E-state index in [0.29, 0.717) is 0 Å². The Balaban J connectivity index is 0.000000211. The lowest BCUT2D eigenvalue weighted by atomic mass is 10.2. The predicted octanol–water partition coefficient (Wildman–Crippen LogP) is 3.45. The van der Waals surface area contributed by atoms with Crippen molar-refractivity contribution in [2.45, 2.75) is 38.5 Å². The first-order valence-electron chi connectivity index (χ1n) is 6.84. The van der Waals surface area contributed by atoms with Crippen LogP contribution in [0, 0.1) is 6.92 Å². The third-order valence-corrected chi connectivity index (χ3v) is 3.84. The zero-order valence-electron chi connectivity index (χ0n) is 12.6. The topological polar surface area (TPSA) is 67.3 Å². The van der Waals surface area contributed by atoms with E-state index in [9.17, 15) is 8.42 Å². The summed E-state index contributed by atoms with van der Waals surface area (Å²) in [6.07, 6.45) is 4.07. The largest absolute Gasteiger partial charge is 0.294 e. The summed E-state index contributed by atoms with van der Waals surface area (Å²) in [5, 5.41) is 0. The maximum absolute atomic E-state index is 10.5. The second kappa shape index (κ2) is 7.90. The highest BCUT2D eigenvalue weighted by atomic mass is 32.2. The molecule has 114 valence electrons. The summed E-state index contributed by atoms with van der Waals surface area (Å²) in [7, 11) is -4.02. The lowest BCUT2D eigenvalue weighted by molar-refractivity contribution is 0.483. The number of aryl methyl sites for hydroxylation is 3. The van der Waals surface area contributed by atoms with Crippen molar-refractivity contribution in [2.75, 3.05) is 0 Å². The minimum Gasteiger partial charge on any atom is -0.282 e. The molecule has 0 aliphatic rings. The van der Waals surface area contributed by atoms with Gasteiger partial charge < -0.3 is 0 Å². The molecule has 2 rings (SSSR count). The van der Waals surface area contributed by atoms with E-state index in [1.165, 1.54) is 23.4 Å². The van der Waals surface area contributed by atoms with E-state index in [4.69, 9.17) is 4.55 Å². The van der Waals surface area contributed by atoms with Crippen molar-refractivity contribution in [1.82, 2.24) is 4.98 Å². The molecule has 0 unspecified atom stereocenters. The highest BCUT2D eigenvalue weighted by molar-refractivity contribution is 7.85. The van der Waals surface area contributed by atoms with E-state index >= 15 is 0 Å². The van der Waals surface area contributed by atoms with Gasteiger partial charge in [0.25, 0.3) is 10.1 Å². The number of nitrogens with zero attached hydrogens (tertiary/aromatic N) is 1. The first kappa shape index (κ1) is 17.3. The van der Waals surface area contributed by atoms with Gasteiger partial charge in [-0.2, -0.15) is 8.42 Å². The number of rotatable bonds is 3. The highest BCUT2D eigenvalue weighted by Gasteiger charge is 2.06. The van der Waals surface area contributed by atoms with Crippen LogP contribution in [-0.2, 0) is 23.0 Å². The van der Waals surface area contributed by atoms with E-state index in [0.717, 1.165) is 18.4 Å². The Kier molecular flexibility index (Phi) is 6.52. The van der Waals surface area contributed by atoms with Gasteiger partial charge in [-0.25, -0.2) is 0 Å². The van der Waals surface area contributed by atoms with Gasteiger partial charge in [0, 0.05) is 11.9 Å². The molecule has 2 aromatic rings. The highest BCUT2D eigenvalue weighted by Crippen LogP contribution is 2.08. The molecule has 0 amide bonds. The molecule has 0 spiro atoms. The second-order valence-corrected chi connectivity index (χ2v) is 6.07. The van der Waals surface area contributed by atoms with Gasteiger partial charge in [-0.15, -0.1) is 0 Å². The smallest absolute Gasteiger partial charge is 0.282 e. The van der Waals surface area contributed by atoms with Gasteiger partial charge in [0.05, 0.1) is 4.90 Å². The molecule has 1 N–H and O–H groups in total. The van der Waals surface area contributed by atoms with Crippen LogP contribution < -0.4 is 0 Å². The molecule has 0 fully saturated rings. The van der Waals surface area contributed by atoms with E-state index in [2.05, 4.69) is 31.0 Å². The molecule has 0 saturated heterocycles. The van der Waals surface area contributed by atoms with Crippen molar-refractivity contribution in [1.29, 1.82) is 0 Å². The molecular weight excluding hydrogens is 286 g/mol. The Bertz CT molecular complexity index is 624. The van der Waals surface area contributed by atoms with Gasteiger partial charge in [0.1, 0.15) is 0 Å². The number of hydrogen-bond acceptors (Lipinski definition) is 3. The molecule has 1 aromatic heterocycles. The lowest BCUT2D eigenvalue weighted by Crippen LogP contribution is -1.96. The maximum Gasteiger partial charge on any atom is 0.294 e. The quantitative estimate of drug-likeness (QED) is 0.882. The summed E-state index contributed by atoms with van der Waals surface area (Å²) in [6, 6.07) is 10.2. The molecule has 0 aliphatic carbocycles. The molecule has 0 aliphatic heterocycles. The zero-order valence-corrected chi connectivity index (χ0v) is 13.4. The summed E-state index contributed by atoms with van der Waals surface area (Å²) in [4.78, 5) is 4.20. The molecule has 0 bridgehead atoms. The Morgan fingerprint density at radius 1 is 1.00 bits per heavy atom. The van der Waals surface area contributed by atoms with Crippen molar-refractivity contribution >= 4 is 10.1 Å². The van der Waals surface area contributed by atoms with Gasteiger partial charge in [-0.1, -0.05) is 37.6 Å².